The van der Waals surface area contributed by atoms with Gasteiger partial charge in [0.1, 0.15) is 0 Å². The zero-order valence-electron chi connectivity index (χ0n) is 12.0. The number of nitrogens with one attached hydrogen (secondary N) is 1. The second-order valence-corrected chi connectivity index (χ2v) is 7.04. The first-order valence-corrected chi connectivity index (χ1v) is 8.49. The van der Waals surface area contributed by atoms with Crippen molar-refractivity contribution in [1.82, 2.24) is 10.4 Å². The van der Waals surface area contributed by atoms with Gasteiger partial charge in [-0.15, -0.1) is 0 Å². The molecule has 2 aliphatic heterocycles. The van der Waals surface area contributed by atoms with Gasteiger partial charge in [-0.2, -0.15) is 11.8 Å². The summed E-state index contributed by atoms with van der Waals surface area (Å²) in [6, 6.07) is 4.21. The number of thioether (sulfide) groups is 1. The fraction of sp³-hybridized carbons (Fsp3) is 0.667. The predicted molar refractivity (Wildman–Crippen MR) is 82.4 cm³/mol. The van der Waals surface area contributed by atoms with Crippen molar-refractivity contribution in [2.75, 3.05) is 18.1 Å². The highest BCUT2D eigenvalue weighted by Crippen LogP contribution is 2.43. The zero-order chi connectivity index (χ0) is 14.0. The Balaban J connectivity index is 1.81. The number of hydrogen-bond donors (Lipinski definition) is 2. The molecule has 110 valence electrons. The first-order valence-electron chi connectivity index (χ1n) is 7.33. The second kappa shape index (κ2) is 6.02. The molecule has 0 amide bonds. The molecule has 3 unspecified atom stereocenters. The minimum atomic E-state index is 0.0887. The molecule has 3 N–H and O–H groups in total. The molecule has 2 fully saturated rings. The number of pyridine rings is 1. The molecule has 3 rings (SSSR count). The normalized spacial score (nSPS) is 31.6. The third-order valence-corrected chi connectivity index (χ3v) is 5.82. The summed E-state index contributed by atoms with van der Waals surface area (Å²) < 4.78 is 6.11. The Labute approximate surface area is 124 Å². The standard InChI is InChI=1S/C15H23N3OS/c1-11-3-2-6-17-13(11)14(18-16)12-4-7-19-15(9-12)5-8-20-10-15/h2-3,6,12,14,18H,4-5,7-10,16H2,1H3. The van der Waals surface area contributed by atoms with E-state index in [9.17, 15) is 0 Å². The van der Waals surface area contributed by atoms with Crippen molar-refractivity contribution in [3.8, 4) is 0 Å². The molecule has 0 saturated carbocycles. The number of hydrogen-bond acceptors (Lipinski definition) is 5. The van der Waals surface area contributed by atoms with Crippen molar-refractivity contribution in [3.63, 3.8) is 0 Å². The highest BCUT2D eigenvalue weighted by atomic mass is 32.2. The third-order valence-electron chi connectivity index (χ3n) is 4.59. The number of aromatic nitrogens is 1. The number of aryl methyl sites for hydroxylation is 1. The van der Waals surface area contributed by atoms with Crippen molar-refractivity contribution in [1.29, 1.82) is 0 Å². The van der Waals surface area contributed by atoms with Gasteiger partial charge in [-0.1, -0.05) is 6.07 Å². The van der Waals surface area contributed by atoms with Gasteiger partial charge in [0.2, 0.25) is 0 Å². The molecule has 20 heavy (non-hydrogen) atoms. The minimum absolute atomic E-state index is 0.0887. The van der Waals surface area contributed by atoms with Crippen LogP contribution in [0.4, 0.5) is 0 Å². The van der Waals surface area contributed by atoms with Crippen molar-refractivity contribution >= 4 is 11.8 Å². The zero-order valence-corrected chi connectivity index (χ0v) is 12.8. The third kappa shape index (κ3) is 2.72. The van der Waals surface area contributed by atoms with E-state index >= 15 is 0 Å². The fourth-order valence-electron chi connectivity index (χ4n) is 3.48. The molecule has 0 aliphatic carbocycles. The molecule has 1 spiro atoms. The number of nitrogens with zero attached hydrogens (tertiary/aromatic N) is 1. The van der Waals surface area contributed by atoms with Crippen LogP contribution in [0, 0.1) is 12.8 Å². The molecule has 0 radical (unpaired) electrons. The van der Waals surface area contributed by atoms with Crippen LogP contribution < -0.4 is 11.3 Å². The van der Waals surface area contributed by atoms with E-state index in [0.29, 0.717) is 5.92 Å². The number of ether oxygens (including phenoxy) is 1. The smallest absolute Gasteiger partial charge is 0.0783 e. The summed E-state index contributed by atoms with van der Waals surface area (Å²) in [5.41, 5.74) is 5.39. The van der Waals surface area contributed by atoms with Crippen molar-refractivity contribution in [2.24, 2.45) is 11.8 Å². The second-order valence-electron chi connectivity index (χ2n) is 5.94. The molecule has 5 heteroatoms. The molecule has 2 aliphatic rings. The van der Waals surface area contributed by atoms with Crippen molar-refractivity contribution in [2.45, 2.75) is 37.8 Å². The molecule has 1 aromatic rings. The van der Waals surface area contributed by atoms with Gasteiger partial charge >= 0.3 is 0 Å². The first-order chi connectivity index (χ1) is 9.74. The van der Waals surface area contributed by atoms with E-state index in [1.54, 1.807) is 0 Å². The lowest BCUT2D eigenvalue weighted by atomic mass is 9.80. The molecular formula is C15H23N3OS. The van der Waals surface area contributed by atoms with E-state index in [-0.39, 0.29) is 11.6 Å². The summed E-state index contributed by atoms with van der Waals surface area (Å²) >= 11 is 2.01. The van der Waals surface area contributed by atoms with Gasteiger partial charge in [0.15, 0.2) is 0 Å². The number of rotatable bonds is 3. The van der Waals surface area contributed by atoms with Crippen molar-refractivity contribution < 1.29 is 4.74 Å². The van der Waals surface area contributed by atoms with Gasteiger partial charge < -0.3 is 4.74 Å². The van der Waals surface area contributed by atoms with E-state index in [0.717, 1.165) is 30.9 Å². The van der Waals surface area contributed by atoms with Crippen LogP contribution in [-0.4, -0.2) is 28.7 Å². The fourth-order valence-corrected chi connectivity index (χ4v) is 4.85. The Morgan fingerprint density at radius 2 is 2.50 bits per heavy atom. The lowest BCUT2D eigenvalue weighted by Gasteiger charge is -2.40. The molecule has 3 heterocycles. The minimum Gasteiger partial charge on any atom is -0.374 e. The van der Waals surface area contributed by atoms with Gasteiger partial charge in [0, 0.05) is 18.6 Å². The Morgan fingerprint density at radius 3 is 3.20 bits per heavy atom. The van der Waals surface area contributed by atoms with E-state index in [4.69, 9.17) is 10.6 Å². The summed E-state index contributed by atoms with van der Waals surface area (Å²) in [6.07, 6.45) is 5.17. The van der Waals surface area contributed by atoms with Crippen LogP contribution in [0.1, 0.15) is 36.6 Å². The highest BCUT2D eigenvalue weighted by Gasteiger charge is 2.43. The molecule has 4 nitrogen and oxygen atoms in total. The van der Waals surface area contributed by atoms with Crippen LogP contribution in [-0.2, 0) is 4.74 Å². The van der Waals surface area contributed by atoms with Crippen LogP contribution in [0.5, 0.6) is 0 Å². The maximum atomic E-state index is 6.11. The molecule has 0 bridgehead atoms. The topological polar surface area (TPSA) is 60.2 Å². The van der Waals surface area contributed by atoms with Crippen LogP contribution in [0.15, 0.2) is 18.3 Å². The summed E-state index contributed by atoms with van der Waals surface area (Å²) in [6.45, 7) is 2.95. The summed E-state index contributed by atoms with van der Waals surface area (Å²) in [7, 11) is 0. The average Bonchev–Trinajstić information content (AvgIpc) is 2.90. The monoisotopic (exact) mass is 293 g/mol. The highest BCUT2D eigenvalue weighted by molar-refractivity contribution is 7.99. The van der Waals surface area contributed by atoms with Crippen LogP contribution in [0.25, 0.3) is 0 Å². The Hall–Kier alpha value is -0.620. The van der Waals surface area contributed by atoms with E-state index in [1.165, 1.54) is 17.7 Å². The molecule has 2 saturated heterocycles. The Kier molecular flexibility index (Phi) is 4.31. The quantitative estimate of drug-likeness (QED) is 0.661. The average molecular weight is 293 g/mol. The van der Waals surface area contributed by atoms with Crippen molar-refractivity contribution in [3.05, 3.63) is 29.6 Å². The van der Waals surface area contributed by atoms with E-state index in [1.807, 2.05) is 24.0 Å². The van der Waals surface area contributed by atoms with Crippen LogP contribution >= 0.6 is 11.8 Å². The lowest BCUT2D eigenvalue weighted by Crippen LogP contribution is -2.45. The first kappa shape index (κ1) is 14.3. The van der Waals surface area contributed by atoms with Gasteiger partial charge in [-0.3, -0.25) is 16.3 Å². The summed E-state index contributed by atoms with van der Waals surface area (Å²) in [5.74, 6) is 8.70. The Morgan fingerprint density at radius 1 is 1.60 bits per heavy atom. The molecule has 0 aromatic carbocycles. The van der Waals surface area contributed by atoms with Gasteiger partial charge in [0.25, 0.3) is 0 Å². The van der Waals surface area contributed by atoms with Crippen LogP contribution in [0.2, 0.25) is 0 Å². The summed E-state index contributed by atoms with van der Waals surface area (Å²) in [5, 5.41) is 0. The molecule has 3 atom stereocenters. The van der Waals surface area contributed by atoms with E-state index < -0.39 is 0 Å². The SMILES string of the molecule is Cc1cccnc1C(NN)C1CCOC2(CCSC2)C1. The van der Waals surface area contributed by atoms with E-state index in [2.05, 4.69) is 23.4 Å². The number of hydrazine groups is 1. The van der Waals surface area contributed by atoms with Gasteiger partial charge in [-0.25, -0.2) is 0 Å². The molecule has 1 aromatic heterocycles. The lowest BCUT2D eigenvalue weighted by molar-refractivity contribution is -0.0856. The van der Waals surface area contributed by atoms with Gasteiger partial charge in [0.05, 0.1) is 17.3 Å². The number of nitrogens with two attached hydrogens (primary N) is 1. The van der Waals surface area contributed by atoms with Crippen LogP contribution in [0.3, 0.4) is 0 Å². The molecular weight excluding hydrogens is 270 g/mol. The maximum absolute atomic E-state index is 6.11. The van der Waals surface area contributed by atoms with Gasteiger partial charge in [-0.05, 0) is 49.5 Å². The maximum Gasteiger partial charge on any atom is 0.0783 e. The largest absolute Gasteiger partial charge is 0.374 e. The summed E-state index contributed by atoms with van der Waals surface area (Å²) in [4.78, 5) is 4.55. The Bertz CT molecular complexity index is 462. The predicted octanol–water partition coefficient (Wildman–Crippen LogP) is 2.20.